The average molecular weight is 338 g/mol. The molecule has 3 aromatic rings. The van der Waals surface area contributed by atoms with Gasteiger partial charge in [0.25, 0.3) is 0 Å². The van der Waals surface area contributed by atoms with Gasteiger partial charge in [-0.25, -0.2) is 4.79 Å². The molecule has 1 aromatic carbocycles. The van der Waals surface area contributed by atoms with Crippen LogP contribution >= 0.6 is 0 Å². The molecule has 7 nitrogen and oxygen atoms in total. The van der Waals surface area contributed by atoms with Crippen LogP contribution in [0.2, 0.25) is 0 Å². The summed E-state index contributed by atoms with van der Waals surface area (Å²) < 4.78 is 1.97. The number of hydrogen-bond donors (Lipinski definition) is 2. The number of para-hydroxylation sites is 1. The number of rotatable bonds is 3. The number of urea groups is 1. The Morgan fingerprint density at radius 3 is 3.12 bits per heavy atom. The number of benzene rings is 1. The van der Waals surface area contributed by atoms with Gasteiger partial charge in [-0.15, -0.1) is 0 Å². The molecule has 130 valence electrons. The summed E-state index contributed by atoms with van der Waals surface area (Å²) >= 11 is 0. The minimum Gasteiger partial charge on any atom is -0.361 e. The van der Waals surface area contributed by atoms with Gasteiger partial charge in [-0.2, -0.15) is 5.10 Å². The van der Waals surface area contributed by atoms with Crippen molar-refractivity contribution in [3.63, 3.8) is 0 Å². The van der Waals surface area contributed by atoms with E-state index < -0.39 is 0 Å². The number of likely N-dealkylation sites (N-methyl/N-ethyl adjacent to an activating group) is 1. The lowest BCUT2D eigenvalue weighted by Gasteiger charge is -2.22. The molecular weight excluding hydrogens is 316 g/mol. The molecule has 0 radical (unpaired) electrons. The highest BCUT2D eigenvalue weighted by atomic mass is 16.2. The number of aromatic nitrogens is 3. The van der Waals surface area contributed by atoms with E-state index >= 15 is 0 Å². The smallest absolute Gasteiger partial charge is 0.323 e. The third-order valence-electron chi connectivity index (χ3n) is 4.65. The van der Waals surface area contributed by atoms with Gasteiger partial charge in [0.15, 0.2) is 5.82 Å². The molecular formula is C18H22N6O. The third kappa shape index (κ3) is 3.10. The second-order valence-corrected chi connectivity index (χ2v) is 6.63. The minimum absolute atomic E-state index is 0.160. The van der Waals surface area contributed by atoms with Crippen LogP contribution in [0.15, 0.2) is 36.5 Å². The van der Waals surface area contributed by atoms with Crippen molar-refractivity contribution in [3.8, 4) is 0 Å². The summed E-state index contributed by atoms with van der Waals surface area (Å²) in [6.45, 7) is 3.21. The van der Waals surface area contributed by atoms with E-state index in [1.807, 2.05) is 35.1 Å². The fourth-order valence-electron chi connectivity index (χ4n) is 3.27. The van der Waals surface area contributed by atoms with Crippen LogP contribution < -0.4 is 5.32 Å². The molecule has 0 aliphatic carbocycles. The van der Waals surface area contributed by atoms with Gasteiger partial charge in [0, 0.05) is 38.9 Å². The number of aromatic amines is 1. The molecule has 2 aromatic heterocycles. The lowest BCUT2D eigenvalue weighted by Crippen LogP contribution is -2.31. The van der Waals surface area contributed by atoms with Crippen LogP contribution in [0.4, 0.5) is 10.6 Å². The van der Waals surface area contributed by atoms with Crippen LogP contribution in [0.5, 0.6) is 0 Å². The van der Waals surface area contributed by atoms with Crippen molar-refractivity contribution in [2.24, 2.45) is 0 Å². The number of carbonyl (C=O) groups excluding carboxylic acids is 1. The number of carbonyl (C=O) groups is 1. The standard InChI is InChI=1S/C18H22N6O/c1-22-8-9-24-15(12-22)10-16(21-24)20-18(25)23(2)11-14-5-3-4-13-6-7-19-17(13)14/h3-7,10,19H,8-9,11-12H2,1-2H3,(H,20,21,25). The minimum atomic E-state index is -0.160. The van der Waals surface area contributed by atoms with Crippen LogP contribution in [0.1, 0.15) is 11.3 Å². The Morgan fingerprint density at radius 1 is 1.36 bits per heavy atom. The highest BCUT2D eigenvalue weighted by Gasteiger charge is 2.18. The van der Waals surface area contributed by atoms with Gasteiger partial charge in [0.1, 0.15) is 0 Å². The first kappa shape index (κ1) is 15.7. The summed E-state index contributed by atoms with van der Waals surface area (Å²) in [5.74, 6) is 0.611. The maximum absolute atomic E-state index is 12.5. The SMILES string of the molecule is CN1CCn2nc(NC(=O)N(C)Cc3cccc4cc[nH]c34)cc2C1. The van der Waals surface area contributed by atoms with Gasteiger partial charge in [0.2, 0.25) is 0 Å². The first-order valence-corrected chi connectivity index (χ1v) is 8.42. The van der Waals surface area contributed by atoms with Crippen molar-refractivity contribution >= 4 is 22.8 Å². The van der Waals surface area contributed by atoms with Crippen molar-refractivity contribution in [3.05, 3.63) is 47.8 Å². The van der Waals surface area contributed by atoms with Crippen LogP contribution in [0.3, 0.4) is 0 Å². The fourth-order valence-corrected chi connectivity index (χ4v) is 3.27. The van der Waals surface area contributed by atoms with E-state index in [0.717, 1.165) is 41.8 Å². The van der Waals surface area contributed by atoms with Crippen molar-refractivity contribution in [1.82, 2.24) is 24.6 Å². The van der Waals surface area contributed by atoms with E-state index in [9.17, 15) is 4.79 Å². The highest BCUT2D eigenvalue weighted by molar-refractivity contribution is 5.89. The molecule has 1 aliphatic rings. The molecule has 25 heavy (non-hydrogen) atoms. The maximum atomic E-state index is 12.5. The van der Waals surface area contributed by atoms with Crippen LogP contribution in [0.25, 0.3) is 10.9 Å². The second-order valence-electron chi connectivity index (χ2n) is 6.63. The van der Waals surface area contributed by atoms with Crippen molar-refractivity contribution in [1.29, 1.82) is 0 Å². The Balaban J connectivity index is 1.45. The normalized spacial score (nSPS) is 14.5. The number of anilines is 1. The molecule has 1 aliphatic heterocycles. The third-order valence-corrected chi connectivity index (χ3v) is 4.65. The number of amides is 2. The Labute approximate surface area is 146 Å². The molecule has 0 saturated carbocycles. The number of fused-ring (bicyclic) bond motifs is 2. The molecule has 0 bridgehead atoms. The van der Waals surface area contributed by atoms with Crippen LogP contribution in [-0.4, -0.2) is 51.2 Å². The molecule has 0 atom stereocenters. The molecule has 7 heteroatoms. The maximum Gasteiger partial charge on any atom is 0.323 e. The quantitative estimate of drug-likeness (QED) is 0.771. The molecule has 2 N–H and O–H groups in total. The summed E-state index contributed by atoms with van der Waals surface area (Å²) in [5, 5.41) is 8.53. The zero-order chi connectivity index (χ0) is 17.4. The number of hydrogen-bond acceptors (Lipinski definition) is 3. The van der Waals surface area contributed by atoms with Crippen molar-refractivity contribution in [2.45, 2.75) is 19.6 Å². The van der Waals surface area contributed by atoms with E-state index in [4.69, 9.17) is 0 Å². The molecule has 0 unspecified atom stereocenters. The molecule has 0 spiro atoms. The van der Waals surface area contributed by atoms with E-state index in [1.54, 1.807) is 11.9 Å². The lowest BCUT2D eigenvalue weighted by molar-refractivity contribution is 0.220. The van der Waals surface area contributed by atoms with Gasteiger partial charge in [0.05, 0.1) is 17.8 Å². The predicted octanol–water partition coefficient (Wildman–Crippen LogP) is 2.47. The first-order valence-electron chi connectivity index (χ1n) is 8.42. The van der Waals surface area contributed by atoms with Gasteiger partial charge < -0.3 is 9.88 Å². The van der Waals surface area contributed by atoms with Crippen molar-refractivity contribution in [2.75, 3.05) is 26.0 Å². The monoisotopic (exact) mass is 338 g/mol. The van der Waals surface area contributed by atoms with Crippen LogP contribution in [0, 0.1) is 0 Å². The van der Waals surface area contributed by atoms with E-state index in [0.29, 0.717) is 12.4 Å². The summed E-state index contributed by atoms with van der Waals surface area (Å²) in [4.78, 5) is 19.7. The summed E-state index contributed by atoms with van der Waals surface area (Å²) in [5.41, 5.74) is 3.29. The molecule has 0 saturated heterocycles. The Kier molecular flexibility index (Phi) is 3.93. The topological polar surface area (TPSA) is 69.2 Å². The summed E-state index contributed by atoms with van der Waals surface area (Å²) in [7, 11) is 3.88. The zero-order valence-electron chi connectivity index (χ0n) is 14.5. The van der Waals surface area contributed by atoms with Gasteiger partial charge in [-0.05, 0) is 24.1 Å². The Hall–Kier alpha value is -2.80. The first-order chi connectivity index (χ1) is 12.1. The second kappa shape index (κ2) is 6.25. The number of H-pyrrole nitrogens is 1. The number of nitrogens with one attached hydrogen (secondary N) is 2. The zero-order valence-corrected chi connectivity index (χ0v) is 14.5. The predicted molar refractivity (Wildman–Crippen MR) is 97.3 cm³/mol. The molecule has 2 amide bonds. The molecule has 0 fully saturated rings. The van der Waals surface area contributed by atoms with E-state index in [-0.39, 0.29) is 6.03 Å². The highest BCUT2D eigenvalue weighted by Crippen LogP contribution is 2.19. The van der Waals surface area contributed by atoms with Gasteiger partial charge in [-0.3, -0.25) is 14.9 Å². The van der Waals surface area contributed by atoms with Crippen LogP contribution in [-0.2, 0) is 19.6 Å². The lowest BCUT2D eigenvalue weighted by atomic mass is 10.1. The largest absolute Gasteiger partial charge is 0.361 e. The van der Waals surface area contributed by atoms with Crippen molar-refractivity contribution < 1.29 is 4.79 Å². The summed E-state index contributed by atoms with van der Waals surface area (Å²) in [6.07, 6.45) is 1.92. The van der Waals surface area contributed by atoms with E-state index in [2.05, 4.69) is 33.4 Å². The summed E-state index contributed by atoms with van der Waals surface area (Å²) in [6, 6.07) is 9.93. The van der Waals surface area contributed by atoms with Gasteiger partial charge >= 0.3 is 6.03 Å². The number of nitrogens with zero attached hydrogens (tertiary/aromatic N) is 4. The van der Waals surface area contributed by atoms with Gasteiger partial charge in [-0.1, -0.05) is 18.2 Å². The Bertz CT molecular complexity index is 911. The molecule has 4 rings (SSSR count). The molecule has 3 heterocycles. The Morgan fingerprint density at radius 2 is 2.24 bits per heavy atom. The average Bonchev–Trinajstić information content (AvgIpc) is 3.21. The fraction of sp³-hybridized carbons (Fsp3) is 0.333. The van der Waals surface area contributed by atoms with E-state index in [1.165, 1.54) is 0 Å².